The molecule has 2 aromatic carbocycles. The number of nitrogens with one attached hydrogen (secondary N) is 1. The van der Waals surface area contributed by atoms with Crippen LogP contribution in [-0.2, 0) is 4.79 Å². The van der Waals surface area contributed by atoms with Crippen molar-refractivity contribution < 1.29 is 9.18 Å². The largest absolute Gasteiger partial charge is 0.325 e. The van der Waals surface area contributed by atoms with Crippen molar-refractivity contribution in [2.45, 2.75) is 17.1 Å². The minimum atomic E-state index is -0.327. The number of rotatable bonds is 4. The zero-order chi connectivity index (χ0) is 14.5. The molecule has 1 atom stereocenters. The Kier molecular flexibility index (Phi) is 5.04. The summed E-state index contributed by atoms with van der Waals surface area (Å²) in [5, 5.41) is 3.15. The lowest BCUT2D eigenvalue weighted by atomic mass is 10.3. The number of benzene rings is 2. The van der Waals surface area contributed by atoms with E-state index in [-0.39, 0.29) is 17.0 Å². The van der Waals surface area contributed by atoms with Crippen molar-refractivity contribution in [2.24, 2.45) is 0 Å². The summed E-state index contributed by atoms with van der Waals surface area (Å²) in [5.41, 5.74) is 0.583. The van der Waals surface area contributed by atoms with E-state index in [1.165, 1.54) is 36.0 Å². The van der Waals surface area contributed by atoms with Crippen molar-refractivity contribution in [2.75, 3.05) is 5.32 Å². The van der Waals surface area contributed by atoms with Gasteiger partial charge in [-0.05, 0) is 55.5 Å². The molecule has 2 rings (SSSR count). The van der Waals surface area contributed by atoms with Gasteiger partial charge in [0, 0.05) is 15.6 Å². The first-order valence-electron chi connectivity index (χ1n) is 6.03. The monoisotopic (exact) mass is 309 g/mol. The predicted molar refractivity (Wildman–Crippen MR) is 81.8 cm³/mol. The summed E-state index contributed by atoms with van der Waals surface area (Å²) in [5.74, 6) is -0.455. The average Bonchev–Trinajstić information content (AvgIpc) is 2.44. The third kappa shape index (κ3) is 4.25. The van der Waals surface area contributed by atoms with Crippen LogP contribution >= 0.6 is 23.4 Å². The average molecular weight is 310 g/mol. The lowest BCUT2D eigenvalue weighted by Gasteiger charge is -2.12. The molecule has 0 aliphatic carbocycles. The SMILES string of the molecule is C[C@@H](Sc1ccc(Cl)cc1)C(=O)Nc1ccc(F)cc1. The lowest BCUT2D eigenvalue weighted by molar-refractivity contribution is -0.115. The Morgan fingerprint density at radius 1 is 1.15 bits per heavy atom. The molecule has 2 nitrogen and oxygen atoms in total. The quantitative estimate of drug-likeness (QED) is 0.836. The molecular weight excluding hydrogens is 297 g/mol. The maximum atomic E-state index is 12.8. The molecule has 5 heteroatoms. The van der Waals surface area contributed by atoms with E-state index in [9.17, 15) is 9.18 Å². The van der Waals surface area contributed by atoms with Crippen LogP contribution in [0.15, 0.2) is 53.4 Å². The molecule has 2 aromatic rings. The van der Waals surface area contributed by atoms with Gasteiger partial charge in [-0.25, -0.2) is 4.39 Å². The molecule has 1 N–H and O–H groups in total. The summed E-state index contributed by atoms with van der Waals surface area (Å²) in [6.45, 7) is 1.82. The smallest absolute Gasteiger partial charge is 0.237 e. The van der Waals surface area contributed by atoms with Crippen LogP contribution in [0.3, 0.4) is 0 Å². The molecule has 0 aliphatic rings. The van der Waals surface area contributed by atoms with E-state index < -0.39 is 0 Å². The third-order valence-electron chi connectivity index (χ3n) is 2.61. The normalized spacial score (nSPS) is 11.9. The van der Waals surface area contributed by atoms with E-state index in [1.807, 2.05) is 19.1 Å². The number of hydrogen-bond acceptors (Lipinski definition) is 2. The van der Waals surface area contributed by atoms with Crippen LogP contribution in [-0.4, -0.2) is 11.2 Å². The van der Waals surface area contributed by atoms with E-state index in [0.29, 0.717) is 10.7 Å². The summed E-state index contributed by atoms with van der Waals surface area (Å²) < 4.78 is 12.8. The van der Waals surface area contributed by atoms with Gasteiger partial charge in [-0.1, -0.05) is 11.6 Å². The highest BCUT2D eigenvalue weighted by atomic mass is 35.5. The fraction of sp³-hybridized carbons (Fsp3) is 0.133. The van der Waals surface area contributed by atoms with E-state index in [2.05, 4.69) is 5.32 Å². The van der Waals surface area contributed by atoms with Gasteiger partial charge in [-0.3, -0.25) is 4.79 Å². The van der Waals surface area contributed by atoms with E-state index in [4.69, 9.17) is 11.6 Å². The highest BCUT2D eigenvalue weighted by Gasteiger charge is 2.14. The van der Waals surface area contributed by atoms with E-state index >= 15 is 0 Å². The second kappa shape index (κ2) is 6.77. The molecule has 0 saturated heterocycles. The van der Waals surface area contributed by atoms with Crippen molar-refractivity contribution in [1.82, 2.24) is 0 Å². The predicted octanol–water partition coefficient (Wildman–Crippen LogP) is 4.60. The standard InChI is InChI=1S/C15H13ClFNOS/c1-10(20-14-8-2-11(16)3-9-14)15(19)18-13-6-4-12(17)5-7-13/h2-10H,1H3,(H,18,19)/t10-/m1/s1. The molecule has 0 radical (unpaired) electrons. The third-order valence-corrected chi connectivity index (χ3v) is 3.97. The van der Waals surface area contributed by atoms with Gasteiger partial charge in [-0.2, -0.15) is 0 Å². The highest BCUT2D eigenvalue weighted by molar-refractivity contribution is 8.00. The molecular formula is C15H13ClFNOS. The summed E-state index contributed by atoms with van der Waals surface area (Å²) in [6, 6.07) is 13.0. The first-order chi connectivity index (χ1) is 9.54. The fourth-order valence-corrected chi connectivity index (χ4v) is 2.54. The van der Waals surface area contributed by atoms with Gasteiger partial charge in [0.05, 0.1) is 5.25 Å². The Bertz CT molecular complexity index is 586. The molecule has 0 aliphatic heterocycles. The summed E-state index contributed by atoms with van der Waals surface area (Å²) in [7, 11) is 0. The van der Waals surface area contributed by atoms with Crippen molar-refractivity contribution >= 4 is 35.0 Å². The van der Waals surface area contributed by atoms with Crippen molar-refractivity contribution in [3.05, 3.63) is 59.4 Å². The van der Waals surface area contributed by atoms with Crippen LogP contribution in [0.1, 0.15) is 6.92 Å². The number of amides is 1. The molecule has 0 fully saturated rings. The second-order valence-corrected chi connectivity index (χ2v) is 6.06. The molecule has 0 spiro atoms. The van der Waals surface area contributed by atoms with Crippen LogP contribution in [0.25, 0.3) is 0 Å². The van der Waals surface area contributed by atoms with Gasteiger partial charge >= 0.3 is 0 Å². The molecule has 20 heavy (non-hydrogen) atoms. The van der Waals surface area contributed by atoms with E-state index in [1.54, 1.807) is 12.1 Å². The molecule has 0 bridgehead atoms. The van der Waals surface area contributed by atoms with Crippen LogP contribution in [0.4, 0.5) is 10.1 Å². The fourth-order valence-electron chi connectivity index (χ4n) is 1.55. The molecule has 1 amide bonds. The van der Waals surface area contributed by atoms with Crippen molar-refractivity contribution in [3.8, 4) is 0 Å². The summed E-state index contributed by atoms with van der Waals surface area (Å²) >= 11 is 7.25. The molecule has 0 heterocycles. The lowest BCUT2D eigenvalue weighted by Crippen LogP contribution is -2.22. The Labute approximate surface area is 126 Å². The number of carbonyl (C=O) groups excluding carboxylic acids is 1. The van der Waals surface area contributed by atoms with Gasteiger partial charge in [-0.15, -0.1) is 11.8 Å². The van der Waals surface area contributed by atoms with Crippen LogP contribution < -0.4 is 5.32 Å². The van der Waals surface area contributed by atoms with Gasteiger partial charge in [0.1, 0.15) is 5.82 Å². The molecule has 0 aromatic heterocycles. The summed E-state index contributed by atoms with van der Waals surface area (Å²) in [4.78, 5) is 13.0. The molecule has 104 valence electrons. The maximum Gasteiger partial charge on any atom is 0.237 e. The highest BCUT2D eigenvalue weighted by Crippen LogP contribution is 2.25. The minimum absolute atomic E-state index is 0.128. The first kappa shape index (κ1) is 14.9. The van der Waals surface area contributed by atoms with Crippen LogP contribution in [0.5, 0.6) is 0 Å². The van der Waals surface area contributed by atoms with Gasteiger partial charge in [0.25, 0.3) is 0 Å². The van der Waals surface area contributed by atoms with Crippen LogP contribution in [0.2, 0.25) is 5.02 Å². The molecule has 0 saturated carbocycles. The van der Waals surface area contributed by atoms with E-state index in [0.717, 1.165) is 4.90 Å². The topological polar surface area (TPSA) is 29.1 Å². The van der Waals surface area contributed by atoms with Gasteiger partial charge < -0.3 is 5.32 Å². The zero-order valence-corrected chi connectivity index (χ0v) is 12.3. The van der Waals surface area contributed by atoms with Crippen molar-refractivity contribution in [1.29, 1.82) is 0 Å². The Balaban J connectivity index is 1.94. The number of hydrogen-bond donors (Lipinski definition) is 1. The number of anilines is 1. The minimum Gasteiger partial charge on any atom is -0.325 e. The number of thioether (sulfide) groups is 1. The number of carbonyl (C=O) groups is 1. The van der Waals surface area contributed by atoms with Crippen molar-refractivity contribution in [3.63, 3.8) is 0 Å². The summed E-state index contributed by atoms with van der Waals surface area (Å²) in [6.07, 6.45) is 0. The van der Waals surface area contributed by atoms with Gasteiger partial charge in [0.2, 0.25) is 5.91 Å². The second-order valence-electron chi connectivity index (χ2n) is 4.21. The number of halogens is 2. The Hall–Kier alpha value is -1.52. The Morgan fingerprint density at radius 3 is 2.35 bits per heavy atom. The van der Waals surface area contributed by atoms with Crippen LogP contribution in [0, 0.1) is 5.82 Å². The molecule has 0 unspecified atom stereocenters. The Morgan fingerprint density at radius 2 is 1.75 bits per heavy atom. The first-order valence-corrected chi connectivity index (χ1v) is 7.29. The van der Waals surface area contributed by atoms with Gasteiger partial charge in [0.15, 0.2) is 0 Å². The zero-order valence-electron chi connectivity index (χ0n) is 10.8. The maximum absolute atomic E-state index is 12.8.